The highest BCUT2D eigenvalue weighted by molar-refractivity contribution is 5.99. The van der Waals surface area contributed by atoms with Crippen molar-refractivity contribution in [3.05, 3.63) is 71.4 Å². The first-order chi connectivity index (χ1) is 16.4. The van der Waals surface area contributed by atoms with Gasteiger partial charge >= 0.3 is 12.1 Å². The average Bonchev–Trinajstić information content (AvgIpc) is 3.35. The van der Waals surface area contributed by atoms with Crippen LogP contribution in [0.2, 0.25) is 0 Å². The number of nitrogens with zero attached hydrogens (tertiary/aromatic N) is 2. The van der Waals surface area contributed by atoms with Gasteiger partial charge in [-0.05, 0) is 35.1 Å². The summed E-state index contributed by atoms with van der Waals surface area (Å²) in [6.45, 7) is 0.617. The van der Waals surface area contributed by atoms with Crippen LogP contribution in [0.15, 0.2) is 54.7 Å². The first-order valence-electron chi connectivity index (χ1n) is 11.1. The molecule has 4 rings (SSSR count). The maximum Gasteiger partial charge on any atom is 0.407 e. The van der Waals surface area contributed by atoms with Crippen LogP contribution in [0, 0.1) is 0 Å². The molecule has 1 aromatic heterocycles. The number of fused-ring (bicyclic) bond motifs is 3. The van der Waals surface area contributed by atoms with E-state index in [1.807, 2.05) is 24.3 Å². The Kier molecular flexibility index (Phi) is 6.91. The van der Waals surface area contributed by atoms with E-state index < -0.39 is 12.1 Å². The molecule has 3 aromatic rings. The van der Waals surface area contributed by atoms with Crippen LogP contribution in [0.3, 0.4) is 0 Å². The molecule has 0 atom stereocenters. The largest absolute Gasteiger partial charge is 0.477 e. The van der Waals surface area contributed by atoms with E-state index in [-0.39, 0.29) is 36.2 Å². The molecular formula is C25H26N4O5. The number of aromatic nitrogens is 2. The summed E-state index contributed by atoms with van der Waals surface area (Å²) in [5, 5.41) is 18.3. The number of benzene rings is 2. The summed E-state index contributed by atoms with van der Waals surface area (Å²) in [5.41, 5.74) is 4.59. The summed E-state index contributed by atoms with van der Waals surface area (Å²) in [6, 6.07) is 16.3. The monoisotopic (exact) mass is 462 g/mol. The molecule has 0 saturated heterocycles. The number of anilines is 1. The Hall–Kier alpha value is -4.14. The molecule has 1 aliphatic carbocycles. The van der Waals surface area contributed by atoms with Crippen molar-refractivity contribution in [2.75, 3.05) is 18.5 Å². The van der Waals surface area contributed by atoms with Gasteiger partial charge in [0.25, 0.3) is 0 Å². The van der Waals surface area contributed by atoms with Crippen molar-refractivity contribution < 1.29 is 24.2 Å². The summed E-state index contributed by atoms with van der Waals surface area (Å²) >= 11 is 0. The van der Waals surface area contributed by atoms with E-state index in [0.717, 1.165) is 11.1 Å². The fraction of sp³-hybridized carbons (Fsp3) is 0.280. The molecule has 2 amide bonds. The van der Waals surface area contributed by atoms with Crippen LogP contribution in [0.1, 0.15) is 46.7 Å². The number of carboxylic acids is 1. The van der Waals surface area contributed by atoms with Gasteiger partial charge in [0.2, 0.25) is 5.91 Å². The number of rotatable bonds is 9. The zero-order valence-corrected chi connectivity index (χ0v) is 18.8. The number of aromatic carboxylic acids is 1. The second kappa shape index (κ2) is 10.2. The van der Waals surface area contributed by atoms with Crippen LogP contribution in [0.5, 0.6) is 0 Å². The van der Waals surface area contributed by atoms with Gasteiger partial charge in [-0.2, -0.15) is 5.10 Å². The summed E-state index contributed by atoms with van der Waals surface area (Å²) in [6.07, 6.45) is 2.11. The number of hydrogen-bond donors (Lipinski definition) is 3. The minimum absolute atomic E-state index is 0.00383. The highest BCUT2D eigenvalue weighted by Gasteiger charge is 2.28. The quantitative estimate of drug-likeness (QED) is 0.416. The molecule has 1 heterocycles. The average molecular weight is 463 g/mol. The lowest BCUT2D eigenvalue weighted by Crippen LogP contribution is -2.27. The molecule has 0 saturated carbocycles. The van der Waals surface area contributed by atoms with Crippen molar-refractivity contribution in [3.63, 3.8) is 0 Å². The van der Waals surface area contributed by atoms with Gasteiger partial charge in [0.1, 0.15) is 12.2 Å². The Balaban J connectivity index is 1.18. The van der Waals surface area contributed by atoms with Gasteiger partial charge in [-0.15, -0.1) is 0 Å². The number of nitrogens with one attached hydrogen (secondary N) is 2. The molecule has 9 heteroatoms. The van der Waals surface area contributed by atoms with Crippen LogP contribution in [0.4, 0.5) is 10.6 Å². The van der Waals surface area contributed by atoms with Crippen molar-refractivity contribution >= 4 is 23.8 Å². The van der Waals surface area contributed by atoms with E-state index in [0.29, 0.717) is 19.4 Å². The molecular weight excluding hydrogens is 436 g/mol. The number of unbranched alkanes of at least 4 members (excludes halogenated alkanes) is 1. The molecule has 9 nitrogen and oxygen atoms in total. The van der Waals surface area contributed by atoms with Gasteiger partial charge in [-0.25, -0.2) is 9.59 Å². The molecule has 0 fully saturated rings. The van der Waals surface area contributed by atoms with Gasteiger partial charge in [0.05, 0.1) is 0 Å². The second-order valence-electron chi connectivity index (χ2n) is 8.13. The van der Waals surface area contributed by atoms with Crippen LogP contribution in [-0.4, -0.2) is 46.0 Å². The third kappa shape index (κ3) is 5.09. The van der Waals surface area contributed by atoms with Crippen molar-refractivity contribution in [2.24, 2.45) is 7.05 Å². The van der Waals surface area contributed by atoms with Gasteiger partial charge in [0.15, 0.2) is 5.82 Å². The lowest BCUT2D eigenvalue weighted by Gasteiger charge is -2.14. The Morgan fingerprint density at radius 3 is 2.32 bits per heavy atom. The molecule has 0 bridgehead atoms. The number of hydrogen-bond acceptors (Lipinski definition) is 5. The first kappa shape index (κ1) is 23.0. The number of aryl methyl sites for hydroxylation is 1. The minimum Gasteiger partial charge on any atom is -0.477 e. The van der Waals surface area contributed by atoms with E-state index in [1.54, 1.807) is 7.05 Å². The smallest absolute Gasteiger partial charge is 0.407 e. The van der Waals surface area contributed by atoms with Crippen LogP contribution in [-0.2, 0) is 16.6 Å². The van der Waals surface area contributed by atoms with Gasteiger partial charge in [-0.1, -0.05) is 48.5 Å². The second-order valence-corrected chi connectivity index (χ2v) is 8.13. The third-order valence-corrected chi connectivity index (χ3v) is 5.76. The Morgan fingerprint density at radius 1 is 1.03 bits per heavy atom. The summed E-state index contributed by atoms with van der Waals surface area (Å²) in [7, 11) is 1.58. The van der Waals surface area contributed by atoms with Crippen LogP contribution in [0.25, 0.3) is 11.1 Å². The van der Waals surface area contributed by atoms with Gasteiger partial charge in [0, 0.05) is 32.1 Å². The molecule has 0 aliphatic heterocycles. The fourth-order valence-corrected chi connectivity index (χ4v) is 4.18. The zero-order chi connectivity index (χ0) is 24.1. The lowest BCUT2D eigenvalue weighted by molar-refractivity contribution is -0.116. The Labute approximate surface area is 196 Å². The topological polar surface area (TPSA) is 123 Å². The molecule has 0 unspecified atom stereocenters. The first-order valence-corrected chi connectivity index (χ1v) is 11.1. The van der Waals surface area contributed by atoms with E-state index in [1.165, 1.54) is 22.0 Å². The molecule has 2 aromatic carbocycles. The van der Waals surface area contributed by atoms with Crippen LogP contribution < -0.4 is 10.6 Å². The van der Waals surface area contributed by atoms with Crippen molar-refractivity contribution in [1.29, 1.82) is 0 Å². The molecule has 176 valence electrons. The van der Waals surface area contributed by atoms with E-state index >= 15 is 0 Å². The number of carbonyl (C=O) groups excluding carboxylic acids is 2. The van der Waals surface area contributed by atoms with E-state index in [4.69, 9.17) is 9.84 Å². The summed E-state index contributed by atoms with van der Waals surface area (Å²) < 4.78 is 6.82. The normalized spacial score (nSPS) is 12.0. The molecule has 34 heavy (non-hydrogen) atoms. The van der Waals surface area contributed by atoms with Crippen molar-refractivity contribution in [1.82, 2.24) is 15.1 Å². The summed E-state index contributed by atoms with van der Waals surface area (Å²) in [4.78, 5) is 35.4. The predicted octanol–water partition coefficient (Wildman–Crippen LogP) is 3.77. The van der Waals surface area contributed by atoms with Gasteiger partial charge < -0.3 is 20.5 Å². The van der Waals surface area contributed by atoms with Crippen molar-refractivity contribution in [2.45, 2.75) is 25.2 Å². The highest BCUT2D eigenvalue weighted by Crippen LogP contribution is 2.44. The highest BCUT2D eigenvalue weighted by atomic mass is 16.5. The number of amides is 2. The molecule has 3 N–H and O–H groups in total. The Morgan fingerprint density at radius 2 is 1.68 bits per heavy atom. The number of ether oxygens (including phenoxy) is 1. The number of carbonyl (C=O) groups is 3. The van der Waals surface area contributed by atoms with E-state index in [9.17, 15) is 14.4 Å². The molecule has 0 radical (unpaired) electrons. The zero-order valence-electron chi connectivity index (χ0n) is 18.8. The maximum atomic E-state index is 12.2. The predicted molar refractivity (Wildman–Crippen MR) is 126 cm³/mol. The Bertz CT molecular complexity index is 1170. The number of alkyl carbamates (subject to hydrolysis) is 1. The standard InChI is InChI=1S/C25H26N4O5/c1-29-14-20(24(31)32)23(28-29)27-22(30)12-6-7-13-26-25(33)34-15-21-18-10-4-2-8-16(18)17-9-3-5-11-19(17)21/h2-5,8-11,14,21H,6-7,12-13,15H2,1H3,(H,26,33)(H,31,32)(H,27,28,30). The summed E-state index contributed by atoms with van der Waals surface area (Å²) in [5.74, 6) is -1.46. The SMILES string of the molecule is Cn1cc(C(=O)O)c(NC(=O)CCCCNC(=O)OCC2c3ccccc3-c3ccccc32)n1. The lowest BCUT2D eigenvalue weighted by atomic mass is 9.98. The number of carboxylic acid groups (broad SMARTS) is 1. The van der Waals surface area contributed by atoms with Gasteiger partial charge in [-0.3, -0.25) is 9.48 Å². The van der Waals surface area contributed by atoms with Crippen molar-refractivity contribution in [3.8, 4) is 11.1 Å². The fourth-order valence-electron chi connectivity index (χ4n) is 4.18. The molecule has 1 aliphatic rings. The van der Waals surface area contributed by atoms with E-state index in [2.05, 4.69) is 40.0 Å². The minimum atomic E-state index is -1.16. The van der Waals surface area contributed by atoms with Crippen LogP contribution >= 0.6 is 0 Å². The maximum absolute atomic E-state index is 12.2. The third-order valence-electron chi connectivity index (χ3n) is 5.76. The molecule has 0 spiro atoms.